The number of aliphatic hydroxyl groups is 1. The fourth-order valence-corrected chi connectivity index (χ4v) is 6.26. The van der Waals surface area contributed by atoms with Crippen molar-refractivity contribution in [1.29, 1.82) is 0 Å². The summed E-state index contributed by atoms with van der Waals surface area (Å²) in [6, 6.07) is 10.2. The molecule has 7 unspecified atom stereocenters. The second-order valence-electron chi connectivity index (χ2n) is 10.1. The molecule has 7 atom stereocenters. The van der Waals surface area contributed by atoms with Gasteiger partial charge in [-0.05, 0) is 56.1 Å². The Labute approximate surface area is 173 Å². The maximum Gasteiger partial charge on any atom is 0.310 e. The quantitative estimate of drug-likeness (QED) is 0.606. The van der Waals surface area contributed by atoms with Gasteiger partial charge in [-0.2, -0.15) is 0 Å². The Morgan fingerprint density at radius 2 is 2.00 bits per heavy atom. The van der Waals surface area contributed by atoms with E-state index in [4.69, 9.17) is 9.47 Å². The van der Waals surface area contributed by atoms with E-state index < -0.39 is 17.3 Å². The van der Waals surface area contributed by atoms with Crippen LogP contribution in [-0.2, 0) is 14.3 Å². The molecule has 2 heterocycles. The highest BCUT2D eigenvalue weighted by molar-refractivity contribution is 5.78. The van der Waals surface area contributed by atoms with Crippen molar-refractivity contribution in [3.8, 4) is 0 Å². The highest BCUT2D eigenvalue weighted by atomic mass is 16.6. The number of aliphatic hydroxyl groups excluding tert-OH is 1. The number of benzene rings is 1. The Kier molecular flexibility index (Phi) is 4.28. The minimum Gasteiger partial charge on any atom is -0.454 e. The molecule has 2 saturated heterocycles. The normalized spacial score (nSPS) is 42.9. The first kappa shape index (κ1) is 19.3. The van der Waals surface area contributed by atoms with Crippen molar-refractivity contribution < 1.29 is 19.4 Å². The largest absolute Gasteiger partial charge is 0.454 e. The first-order chi connectivity index (χ1) is 13.8. The molecule has 2 bridgehead atoms. The van der Waals surface area contributed by atoms with E-state index in [1.54, 1.807) is 0 Å². The molecule has 1 saturated carbocycles. The minimum atomic E-state index is -0.640. The molecule has 0 amide bonds. The fourth-order valence-electron chi connectivity index (χ4n) is 6.26. The van der Waals surface area contributed by atoms with E-state index in [9.17, 15) is 9.90 Å². The molecule has 1 aromatic carbocycles. The average molecular weight is 397 g/mol. The zero-order valence-corrected chi connectivity index (χ0v) is 17.9. The van der Waals surface area contributed by atoms with Gasteiger partial charge in [0, 0.05) is 12.3 Å². The van der Waals surface area contributed by atoms with Crippen LogP contribution in [-0.4, -0.2) is 34.5 Å². The number of ether oxygens (including phenoxy) is 2. The molecule has 2 aliphatic carbocycles. The van der Waals surface area contributed by atoms with Crippen LogP contribution in [0.15, 0.2) is 41.5 Å². The smallest absolute Gasteiger partial charge is 0.310 e. The predicted octanol–water partition coefficient (Wildman–Crippen LogP) is 4.38. The molecule has 29 heavy (non-hydrogen) atoms. The third kappa shape index (κ3) is 2.68. The molecule has 1 N–H and O–H groups in total. The number of carbonyl (C=O) groups excluding carboxylic acids is 1. The number of carbonyl (C=O) groups is 1. The number of rotatable bonds is 4. The number of hydrogen-bond donors (Lipinski definition) is 1. The fraction of sp³-hybridized carbons (Fsp3) is 0.640. The molecule has 0 spiro atoms. The zero-order valence-electron chi connectivity index (χ0n) is 17.9. The first-order valence-corrected chi connectivity index (χ1v) is 11.1. The Morgan fingerprint density at radius 3 is 2.69 bits per heavy atom. The summed E-state index contributed by atoms with van der Waals surface area (Å²) in [7, 11) is 0. The summed E-state index contributed by atoms with van der Waals surface area (Å²) in [5.41, 5.74) is 2.54. The van der Waals surface area contributed by atoms with E-state index in [0.717, 1.165) is 19.3 Å². The second kappa shape index (κ2) is 6.42. The van der Waals surface area contributed by atoms with Gasteiger partial charge in [0.1, 0.15) is 5.60 Å². The molecule has 0 radical (unpaired) electrons. The Hall–Kier alpha value is -1.65. The van der Waals surface area contributed by atoms with Gasteiger partial charge in [0.15, 0.2) is 6.10 Å². The molecular formula is C25H32O4. The van der Waals surface area contributed by atoms with E-state index >= 15 is 0 Å². The summed E-state index contributed by atoms with van der Waals surface area (Å²) in [5.74, 6) is 0.360. The van der Waals surface area contributed by atoms with Crippen molar-refractivity contribution in [2.24, 2.45) is 17.8 Å². The number of fused-ring (bicyclic) bond motifs is 4. The predicted molar refractivity (Wildman–Crippen MR) is 110 cm³/mol. The van der Waals surface area contributed by atoms with Crippen molar-refractivity contribution in [3.63, 3.8) is 0 Å². The van der Waals surface area contributed by atoms with Gasteiger partial charge < -0.3 is 14.6 Å². The van der Waals surface area contributed by atoms with Crippen LogP contribution in [0.4, 0.5) is 0 Å². The summed E-state index contributed by atoms with van der Waals surface area (Å²) >= 11 is 0. The summed E-state index contributed by atoms with van der Waals surface area (Å²) in [4.78, 5) is 13.2. The highest BCUT2D eigenvalue weighted by Crippen LogP contribution is 2.61. The van der Waals surface area contributed by atoms with E-state index in [2.05, 4.69) is 39.8 Å². The topological polar surface area (TPSA) is 55.8 Å². The maximum atomic E-state index is 13.2. The molecule has 4 heteroatoms. The van der Waals surface area contributed by atoms with Gasteiger partial charge in [0.05, 0.1) is 17.6 Å². The van der Waals surface area contributed by atoms with Gasteiger partial charge in [-0.1, -0.05) is 49.8 Å². The molecule has 156 valence electrons. The standard InChI is InChI=1S/C25H32O4/c1-14(2)25-13-20(26)24(4,29-25)19-11-10-15(3)21(19)22(25)28-23(27)18-12-17(18)16-8-6-5-7-9-16/h5-9,14,17-20,22,26H,10-13H2,1-4H3. The van der Waals surface area contributed by atoms with Crippen LogP contribution in [0.2, 0.25) is 0 Å². The monoisotopic (exact) mass is 396 g/mol. The number of allylic oxidation sites excluding steroid dienone is 1. The minimum absolute atomic E-state index is 0.0676. The Morgan fingerprint density at radius 1 is 1.28 bits per heavy atom. The lowest BCUT2D eigenvalue weighted by Crippen LogP contribution is -2.58. The second-order valence-corrected chi connectivity index (χ2v) is 10.1. The van der Waals surface area contributed by atoms with Crippen LogP contribution in [0.5, 0.6) is 0 Å². The summed E-state index contributed by atoms with van der Waals surface area (Å²) < 4.78 is 13.0. The van der Waals surface area contributed by atoms with Gasteiger partial charge in [0.2, 0.25) is 0 Å². The van der Waals surface area contributed by atoms with Crippen molar-refractivity contribution in [2.45, 2.75) is 82.7 Å². The van der Waals surface area contributed by atoms with Gasteiger partial charge in [-0.3, -0.25) is 4.79 Å². The molecule has 1 aromatic rings. The van der Waals surface area contributed by atoms with Crippen LogP contribution in [0, 0.1) is 17.8 Å². The Balaban J connectivity index is 1.45. The molecule has 4 aliphatic rings. The van der Waals surface area contributed by atoms with E-state index in [1.165, 1.54) is 16.7 Å². The van der Waals surface area contributed by atoms with Crippen LogP contribution in [0.25, 0.3) is 0 Å². The van der Waals surface area contributed by atoms with Crippen molar-refractivity contribution >= 4 is 5.97 Å². The number of hydrogen-bond acceptors (Lipinski definition) is 4. The molecule has 0 aromatic heterocycles. The Bertz CT molecular complexity index is 859. The van der Waals surface area contributed by atoms with E-state index in [0.29, 0.717) is 6.42 Å². The zero-order chi connectivity index (χ0) is 20.6. The van der Waals surface area contributed by atoms with Gasteiger partial charge in [0.25, 0.3) is 0 Å². The van der Waals surface area contributed by atoms with Crippen molar-refractivity contribution in [2.75, 3.05) is 0 Å². The lowest BCUT2D eigenvalue weighted by Gasteiger charge is -2.50. The molecule has 3 fully saturated rings. The van der Waals surface area contributed by atoms with Crippen LogP contribution in [0.1, 0.15) is 64.9 Å². The highest BCUT2D eigenvalue weighted by Gasteiger charge is 2.69. The molecule has 2 aliphatic heterocycles. The maximum absolute atomic E-state index is 13.2. The van der Waals surface area contributed by atoms with Crippen LogP contribution < -0.4 is 0 Å². The first-order valence-electron chi connectivity index (χ1n) is 11.1. The van der Waals surface area contributed by atoms with Gasteiger partial charge >= 0.3 is 5.97 Å². The van der Waals surface area contributed by atoms with Gasteiger partial charge in [-0.15, -0.1) is 0 Å². The van der Waals surface area contributed by atoms with Crippen LogP contribution >= 0.6 is 0 Å². The van der Waals surface area contributed by atoms with E-state index in [1.807, 2.05) is 18.2 Å². The third-order valence-corrected chi connectivity index (χ3v) is 8.21. The molecular weight excluding hydrogens is 364 g/mol. The molecule has 4 nitrogen and oxygen atoms in total. The van der Waals surface area contributed by atoms with Crippen molar-refractivity contribution in [1.82, 2.24) is 0 Å². The lowest BCUT2D eigenvalue weighted by atomic mass is 9.74. The van der Waals surface area contributed by atoms with Gasteiger partial charge in [-0.25, -0.2) is 0 Å². The molecule has 5 rings (SSSR count). The number of esters is 1. The van der Waals surface area contributed by atoms with E-state index in [-0.39, 0.29) is 35.7 Å². The average Bonchev–Trinajstić information content (AvgIpc) is 3.34. The lowest BCUT2D eigenvalue weighted by molar-refractivity contribution is -0.223. The van der Waals surface area contributed by atoms with Crippen molar-refractivity contribution in [3.05, 3.63) is 47.0 Å². The summed E-state index contributed by atoms with van der Waals surface area (Å²) in [5, 5.41) is 11.0. The third-order valence-electron chi connectivity index (χ3n) is 8.21. The SMILES string of the molecule is CC1=C2C(CC1)C1(C)OC(C(C)C)(CC1O)C2OC(=O)C1CC1c1ccccc1. The van der Waals surface area contributed by atoms with Crippen LogP contribution in [0.3, 0.4) is 0 Å². The summed E-state index contributed by atoms with van der Waals surface area (Å²) in [6.45, 7) is 8.45. The summed E-state index contributed by atoms with van der Waals surface area (Å²) in [6.07, 6.45) is 2.42.